The van der Waals surface area contributed by atoms with Crippen LogP contribution in [-0.2, 0) is 0 Å². The van der Waals surface area contributed by atoms with Gasteiger partial charge in [-0.15, -0.1) is 0 Å². The van der Waals surface area contributed by atoms with Crippen LogP contribution in [0.15, 0.2) is 0 Å². The van der Waals surface area contributed by atoms with Crippen molar-refractivity contribution in [1.29, 1.82) is 5.26 Å². The Hall–Kier alpha value is -0.590. The molecule has 0 atom stereocenters. The van der Waals surface area contributed by atoms with E-state index in [1.54, 1.807) is 0 Å². The Balaban J connectivity index is 2.07. The summed E-state index contributed by atoms with van der Waals surface area (Å²) in [7, 11) is 0. The van der Waals surface area contributed by atoms with Crippen LogP contribution in [0.2, 0.25) is 0 Å². The number of rotatable bonds is 4. The lowest BCUT2D eigenvalue weighted by molar-refractivity contribution is 0.186. The van der Waals surface area contributed by atoms with Crippen LogP contribution in [-0.4, -0.2) is 31.1 Å². The first-order valence-corrected chi connectivity index (χ1v) is 5.16. The van der Waals surface area contributed by atoms with Crippen molar-refractivity contribution in [2.24, 2.45) is 11.7 Å². The van der Waals surface area contributed by atoms with E-state index < -0.39 is 0 Å². The van der Waals surface area contributed by atoms with Gasteiger partial charge in [-0.2, -0.15) is 5.26 Å². The zero-order valence-corrected chi connectivity index (χ0v) is 8.21. The molecule has 1 saturated heterocycles. The minimum Gasteiger partial charge on any atom is -0.330 e. The van der Waals surface area contributed by atoms with Gasteiger partial charge in [0.1, 0.15) is 0 Å². The summed E-state index contributed by atoms with van der Waals surface area (Å²) in [6, 6.07) is 2.18. The molecule has 3 nitrogen and oxygen atoms in total. The van der Waals surface area contributed by atoms with E-state index in [0.717, 1.165) is 25.4 Å². The first-order chi connectivity index (χ1) is 6.36. The molecule has 1 fully saturated rings. The summed E-state index contributed by atoms with van der Waals surface area (Å²) in [5.74, 6) is 0.743. The third-order valence-electron chi connectivity index (χ3n) is 2.80. The lowest BCUT2D eigenvalue weighted by atomic mass is 9.97. The quantitative estimate of drug-likeness (QED) is 0.657. The summed E-state index contributed by atoms with van der Waals surface area (Å²) in [6.07, 6.45) is 4.19. The normalized spacial score (nSPS) is 20.0. The zero-order chi connectivity index (χ0) is 9.52. The van der Waals surface area contributed by atoms with Gasteiger partial charge in [-0.1, -0.05) is 0 Å². The number of nitrogens with two attached hydrogens (primary N) is 1. The third kappa shape index (κ3) is 3.75. The predicted molar refractivity (Wildman–Crippen MR) is 53.1 cm³/mol. The summed E-state index contributed by atoms with van der Waals surface area (Å²) in [6.45, 7) is 4.28. The first-order valence-electron chi connectivity index (χ1n) is 5.16. The Bertz CT molecular complexity index is 165. The molecule has 0 amide bonds. The highest BCUT2D eigenvalue weighted by atomic mass is 15.1. The molecule has 0 radical (unpaired) electrons. The molecular weight excluding hydrogens is 162 g/mol. The van der Waals surface area contributed by atoms with Gasteiger partial charge in [0.05, 0.1) is 6.07 Å². The molecule has 0 aromatic heterocycles. The van der Waals surface area contributed by atoms with Crippen LogP contribution in [0.4, 0.5) is 0 Å². The average molecular weight is 181 g/mol. The van der Waals surface area contributed by atoms with Crippen molar-refractivity contribution in [3.05, 3.63) is 0 Å². The lowest BCUT2D eigenvalue weighted by Gasteiger charge is -2.30. The maximum Gasteiger partial charge on any atom is 0.0622 e. The maximum absolute atomic E-state index is 8.39. The molecular formula is C10H19N3. The van der Waals surface area contributed by atoms with Crippen LogP contribution in [0.25, 0.3) is 0 Å². The average Bonchev–Trinajstić information content (AvgIpc) is 2.19. The van der Waals surface area contributed by atoms with Crippen LogP contribution in [0.1, 0.15) is 25.7 Å². The minimum absolute atomic E-state index is 0.691. The van der Waals surface area contributed by atoms with E-state index in [-0.39, 0.29) is 0 Å². The Morgan fingerprint density at radius 1 is 1.38 bits per heavy atom. The van der Waals surface area contributed by atoms with Crippen molar-refractivity contribution >= 4 is 0 Å². The molecule has 0 bridgehead atoms. The largest absolute Gasteiger partial charge is 0.330 e. The molecule has 2 N–H and O–H groups in total. The Kier molecular flexibility index (Phi) is 4.81. The van der Waals surface area contributed by atoms with Crippen molar-refractivity contribution in [1.82, 2.24) is 4.90 Å². The first kappa shape index (κ1) is 10.5. The van der Waals surface area contributed by atoms with Crippen LogP contribution >= 0.6 is 0 Å². The van der Waals surface area contributed by atoms with Gasteiger partial charge < -0.3 is 10.6 Å². The van der Waals surface area contributed by atoms with E-state index in [0.29, 0.717) is 6.42 Å². The van der Waals surface area contributed by atoms with Gasteiger partial charge >= 0.3 is 0 Å². The number of hydrogen-bond acceptors (Lipinski definition) is 3. The summed E-state index contributed by atoms with van der Waals surface area (Å²) in [4.78, 5) is 2.45. The molecule has 1 aliphatic heterocycles. The summed E-state index contributed by atoms with van der Waals surface area (Å²) in [5, 5.41) is 8.39. The fourth-order valence-corrected chi connectivity index (χ4v) is 1.83. The van der Waals surface area contributed by atoms with E-state index in [9.17, 15) is 0 Å². The fourth-order valence-electron chi connectivity index (χ4n) is 1.83. The van der Waals surface area contributed by atoms with Gasteiger partial charge in [0.15, 0.2) is 0 Å². The smallest absolute Gasteiger partial charge is 0.0622 e. The Labute approximate surface area is 80.5 Å². The molecule has 1 heterocycles. The van der Waals surface area contributed by atoms with Crippen LogP contribution in [0.3, 0.4) is 0 Å². The Morgan fingerprint density at radius 3 is 2.62 bits per heavy atom. The molecule has 0 spiro atoms. The number of nitrogens with zero attached hydrogens (tertiary/aromatic N) is 2. The van der Waals surface area contributed by atoms with Gasteiger partial charge in [0, 0.05) is 6.42 Å². The standard InChI is InChI=1S/C10H19N3/c11-5-1-2-6-13-7-3-10(9-12)4-8-13/h10H,1-4,6-9,12H2. The van der Waals surface area contributed by atoms with Gasteiger partial charge in [0.25, 0.3) is 0 Å². The second-order valence-corrected chi connectivity index (χ2v) is 3.78. The monoisotopic (exact) mass is 181 g/mol. The van der Waals surface area contributed by atoms with Crippen molar-refractivity contribution in [3.8, 4) is 6.07 Å². The van der Waals surface area contributed by atoms with Crippen molar-refractivity contribution in [2.75, 3.05) is 26.2 Å². The highest BCUT2D eigenvalue weighted by molar-refractivity contribution is 4.75. The molecule has 74 valence electrons. The molecule has 3 heteroatoms. The third-order valence-corrected chi connectivity index (χ3v) is 2.80. The number of likely N-dealkylation sites (tertiary alicyclic amines) is 1. The van der Waals surface area contributed by atoms with Crippen molar-refractivity contribution in [2.45, 2.75) is 25.7 Å². The maximum atomic E-state index is 8.39. The molecule has 0 saturated carbocycles. The van der Waals surface area contributed by atoms with Crippen LogP contribution < -0.4 is 5.73 Å². The molecule has 0 aliphatic carbocycles. The second-order valence-electron chi connectivity index (χ2n) is 3.78. The van der Waals surface area contributed by atoms with Crippen LogP contribution in [0.5, 0.6) is 0 Å². The van der Waals surface area contributed by atoms with Gasteiger partial charge in [0.2, 0.25) is 0 Å². The van der Waals surface area contributed by atoms with Gasteiger partial charge in [-0.3, -0.25) is 0 Å². The number of nitriles is 1. The van der Waals surface area contributed by atoms with Crippen molar-refractivity contribution < 1.29 is 0 Å². The van der Waals surface area contributed by atoms with E-state index in [1.807, 2.05) is 0 Å². The second kappa shape index (κ2) is 5.95. The summed E-state index contributed by atoms with van der Waals surface area (Å²) in [5.41, 5.74) is 5.61. The summed E-state index contributed by atoms with van der Waals surface area (Å²) >= 11 is 0. The van der Waals surface area contributed by atoms with Crippen molar-refractivity contribution in [3.63, 3.8) is 0 Å². The topological polar surface area (TPSA) is 53.0 Å². The van der Waals surface area contributed by atoms with E-state index in [2.05, 4.69) is 11.0 Å². The highest BCUT2D eigenvalue weighted by Gasteiger charge is 2.16. The van der Waals surface area contributed by atoms with Crippen LogP contribution in [0, 0.1) is 17.2 Å². The SMILES string of the molecule is N#CCCCN1CCC(CN)CC1. The number of unbranched alkanes of at least 4 members (excludes halogenated alkanes) is 1. The van der Waals surface area contributed by atoms with Gasteiger partial charge in [-0.25, -0.2) is 0 Å². The molecule has 0 aromatic rings. The number of hydrogen-bond donors (Lipinski definition) is 1. The number of piperidine rings is 1. The molecule has 13 heavy (non-hydrogen) atoms. The molecule has 1 rings (SSSR count). The van der Waals surface area contributed by atoms with E-state index >= 15 is 0 Å². The zero-order valence-electron chi connectivity index (χ0n) is 8.21. The van der Waals surface area contributed by atoms with Gasteiger partial charge in [-0.05, 0) is 51.4 Å². The molecule has 0 unspecified atom stereocenters. The highest BCUT2D eigenvalue weighted by Crippen LogP contribution is 2.15. The Morgan fingerprint density at radius 2 is 2.08 bits per heavy atom. The molecule has 0 aromatic carbocycles. The summed E-state index contributed by atoms with van der Waals surface area (Å²) < 4.78 is 0. The fraction of sp³-hybridized carbons (Fsp3) is 0.900. The molecule has 1 aliphatic rings. The van der Waals surface area contributed by atoms with E-state index in [4.69, 9.17) is 11.0 Å². The van der Waals surface area contributed by atoms with E-state index in [1.165, 1.54) is 25.9 Å². The lowest BCUT2D eigenvalue weighted by Crippen LogP contribution is -2.36. The minimum atomic E-state index is 0.691. The predicted octanol–water partition coefficient (Wildman–Crippen LogP) is 0.961.